The summed E-state index contributed by atoms with van der Waals surface area (Å²) in [5.41, 5.74) is 8.14. The van der Waals surface area contributed by atoms with Gasteiger partial charge in [0, 0.05) is 42.2 Å². The Hall–Kier alpha value is -3.32. The number of nitrogen functional groups attached to an aromatic ring is 1. The monoisotopic (exact) mass is 361 g/mol. The quantitative estimate of drug-likeness (QED) is 0.712. The molecular weight excluding hydrogens is 342 g/mol. The zero-order chi connectivity index (χ0) is 18.6. The van der Waals surface area contributed by atoms with E-state index in [0.29, 0.717) is 35.6 Å². The number of carbonyl (C=O) groups is 1. The Bertz CT molecular complexity index is 938. The summed E-state index contributed by atoms with van der Waals surface area (Å²) in [6.45, 7) is 2.74. The summed E-state index contributed by atoms with van der Waals surface area (Å²) in [6, 6.07) is 12.8. The highest BCUT2D eigenvalue weighted by Gasteiger charge is 2.18. The van der Waals surface area contributed by atoms with Gasteiger partial charge in [0.2, 0.25) is 5.95 Å². The molecule has 1 aliphatic rings. The number of pyridine rings is 1. The lowest BCUT2D eigenvalue weighted by atomic mass is 10.0. The molecule has 0 spiro atoms. The second-order valence-corrected chi connectivity index (χ2v) is 6.22. The van der Waals surface area contributed by atoms with Crippen LogP contribution in [0, 0.1) is 0 Å². The number of aromatic nitrogens is 3. The molecule has 2 aromatic heterocycles. The SMILES string of the molecule is Nc1ncc(-c2cc(C(=O)c3ccccc3)cc(N3CCOCC3)n2)cn1. The maximum Gasteiger partial charge on any atom is 0.219 e. The van der Waals surface area contributed by atoms with Crippen LogP contribution in [0.2, 0.25) is 0 Å². The Morgan fingerprint density at radius 3 is 2.41 bits per heavy atom. The zero-order valence-corrected chi connectivity index (χ0v) is 14.7. The second kappa shape index (κ2) is 7.51. The number of morpholine rings is 1. The van der Waals surface area contributed by atoms with Gasteiger partial charge in [0.25, 0.3) is 0 Å². The van der Waals surface area contributed by atoms with Crippen LogP contribution < -0.4 is 10.6 Å². The molecule has 1 aromatic carbocycles. The zero-order valence-electron chi connectivity index (χ0n) is 14.7. The van der Waals surface area contributed by atoms with Gasteiger partial charge in [-0.25, -0.2) is 15.0 Å². The summed E-state index contributed by atoms with van der Waals surface area (Å²) in [4.78, 5) is 27.9. The van der Waals surface area contributed by atoms with Gasteiger partial charge in [0.05, 0.1) is 18.9 Å². The molecule has 0 bridgehead atoms. The van der Waals surface area contributed by atoms with Crippen LogP contribution in [-0.2, 0) is 4.74 Å². The first-order valence-corrected chi connectivity index (χ1v) is 8.73. The summed E-state index contributed by atoms with van der Waals surface area (Å²) in [7, 11) is 0. The van der Waals surface area contributed by atoms with Crippen molar-refractivity contribution in [1.29, 1.82) is 0 Å². The van der Waals surface area contributed by atoms with Crippen molar-refractivity contribution in [1.82, 2.24) is 15.0 Å². The van der Waals surface area contributed by atoms with Gasteiger partial charge in [-0.15, -0.1) is 0 Å². The molecule has 7 nitrogen and oxygen atoms in total. The molecule has 1 fully saturated rings. The van der Waals surface area contributed by atoms with E-state index in [1.54, 1.807) is 18.5 Å². The molecule has 7 heteroatoms. The largest absolute Gasteiger partial charge is 0.378 e. The number of carbonyl (C=O) groups excluding carboxylic acids is 1. The maximum atomic E-state index is 13.0. The van der Waals surface area contributed by atoms with E-state index in [0.717, 1.165) is 18.9 Å². The number of nitrogens with zero attached hydrogens (tertiary/aromatic N) is 4. The Labute approximate surface area is 156 Å². The van der Waals surface area contributed by atoms with Gasteiger partial charge in [-0.1, -0.05) is 30.3 Å². The van der Waals surface area contributed by atoms with Crippen molar-refractivity contribution < 1.29 is 9.53 Å². The maximum absolute atomic E-state index is 13.0. The molecule has 4 rings (SSSR count). The third-order valence-electron chi connectivity index (χ3n) is 4.41. The van der Waals surface area contributed by atoms with E-state index in [9.17, 15) is 4.79 Å². The lowest BCUT2D eigenvalue weighted by Gasteiger charge is -2.28. The summed E-state index contributed by atoms with van der Waals surface area (Å²) in [5, 5.41) is 0. The van der Waals surface area contributed by atoms with Gasteiger partial charge < -0.3 is 15.4 Å². The number of ketones is 1. The first-order chi connectivity index (χ1) is 13.2. The molecule has 0 amide bonds. The minimum atomic E-state index is -0.0508. The van der Waals surface area contributed by atoms with Crippen molar-refractivity contribution >= 4 is 17.5 Å². The predicted molar refractivity (Wildman–Crippen MR) is 103 cm³/mol. The van der Waals surface area contributed by atoms with Gasteiger partial charge in [-0.2, -0.15) is 0 Å². The third-order valence-corrected chi connectivity index (χ3v) is 4.41. The van der Waals surface area contributed by atoms with E-state index in [-0.39, 0.29) is 11.7 Å². The molecule has 0 atom stereocenters. The highest BCUT2D eigenvalue weighted by Crippen LogP contribution is 2.25. The Balaban J connectivity index is 1.78. The van der Waals surface area contributed by atoms with E-state index in [1.165, 1.54) is 0 Å². The normalized spacial score (nSPS) is 14.1. The standard InChI is InChI=1S/C20H19N5O2/c21-20-22-12-16(13-23-20)17-10-15(19(26)14-4-2-1-3-5-14)11-18(24-17)25-6-8-27-9-7-25/h1-5,10-13H,6-9H2,(H2,21,22,23). The van der Waals surface area contributed by atoms with Gasteiger partial charge >= 0.3 is 0 Å². The van der Waals surface area contributed by atoms with Gasteiger partial charge in [0.15, 0.2) is 5.78 Å². The number of ether oxygens (including phenoxy) is 1. The lowest BCUT2D eigenvalue weighted by molar-refractivity contribution is 0.103. The molecule has 0 unspecified atom stereocenters. The van der Waals surface area contributed by atoms with E-state index in [4.69, 9.17) is 15.5 Å². The van der Waals surface area contributed by atoms with Crippen LogP contribution in [-0.4, -0.2) is 47.0 Å². The molecule has 0 saturated carbocycles. The summed E-state index contributed by atoms with van der Waals surface area (Å²) >= 11 is 0. The van der Waals surface area contributed by atoms with Gasteiger partial charge in [-0.05, 0) is 12.1 Å². The Morgan fingerprint density at radius 1 is 1.00 bits per heavy atom. The van der Waals surface area contributed by atoms with Crippen molar-refractivity contribution in [3.63, 3.8) is 0 Å². The highest BCUT2D eigenvalue weighted by atomic mass is 16.5. The summed E-state index contributed by atoms with van der Waals surface area (Å²) in [6.07, 6.45) is 3.23. The minimum Gasteiger partial charge on any atom is -0.378 e. The number of anilines is 2. The lowest BCUT2D eigenvalue weighted by Crippen LogP contribution is -2.36. The van der Waals surface area contributed by atoms with E-state index in [1.807, 2.05) is 36.4 Å². The van der Waals surface area contributed by atoms with Crippen molar-refractivity contribution in [3.8, 4) is 11.3 Å². The molecule has 3 heterocycles. The number of rotatable bonds is 4. The van der Waals surface area contributed by atoms with Crippen molar-refractivity contribution in [2.24, 2.45) is 0 Å². The van der Waals surface area contributed by atoms with Crippen molar-refractivity contribution in [2.45, 2.75) is 0 Å². The molecule has 2 N–H and O–H groups in total. The molecule has 3 aromatic rings. The van der Waals surface area contributed by atoms with E-state index < -0.39 is 0 Å². The van der Waals surface area contributed by atoms with Gasteiger partial charge in [-0.3, -0.25) is 4.79 Å². The van der Waals surface area contributed by atoms with Crippen LogP contribution in [0.5, 0.6) is 0 Å². The van der Waals surface area contributed by atoms with E-state index >= 15 is 0 Å². The van der Waals surface area contributed by atoms with Crippen LogP contribution in [0.25, 0.3) is 11.3 Å². The molecule has 0 radical (unpaired) electrons. The fraction of sp³-hybridized carbons (Fsp3) is 0.200. The first-order valence-electron chi connectivity index (χ1n) is 8.73. The van der Waals surface area contributed by atoms with Crippen LogP contribution >= 0.6 is 0 Å². The van der Waals surface area contributed by atoms with Crippen LogP contribution in [0.15, 0.2) is 54.9 Å². The van der Waals surface area contributed by atoms with E-state index in [2.05, 4.69) is 14.9 Å². The highest BCUT2D eigenvalue weighted by molar-refractivity contribution is 6.09. The fourth-order valence-electron chi connectivity index (χ4n) is 2.98. The number of hydrogen-bond donors (Lipinski definition) is 1. The average molecular weight is 361 g/mol. The number of hydrogen-bond acceptors (Lipinski definition) is 7. The van der Waals surface area contributed by atoms with Crippen LogP contribution in [0.1, 0.15) is 15.9 Å². The molecule has 0 aliphatic carbocycles. The van der Waals surface area contributed by atoms with Crippen LogP contribution in [0.3, 0.4) is 0 Å². The fourth-order valence-corrected chi connectivity index (χ4v) is 2.98. The van der Waals surface area contributed by atoms with Crippen LogP contribution in [0.4, 0.5) is 11.8 Å². The molecular formula is C20H19N5O2. The molecule has 136 valence electrons. The molecule has 27 heavy (non-hydrogen) atoms. The third kappa shape index (κ3) is 3.78. The number of nitrogens with two attached hydrogens (primary N) is 1. The Morgan fingerprint density at radius 2 is 1.70 bits per heavy atom. The molecule has 1 saturated heterocycles. The van der Waals surface area contributed by atoms with Crippen molar-refractivity contribution in [2.75, 3.05) is 36.9 Å². The topological polar surface area (TPSA) is 94.2 Å². The predicted octanol–water partition coefficient (Wildman–Crippen LogP) is 2.19. The molecule has 1 aliphatic heterocycles. The summed E-state index contributed by atoms with van der Waals surface area (Å²) in [5.74, 6) is 0.890. The second-order valence-electron chi connectivity index (χ2n) is 6.22. The smallest absolute Gasteiger partial charge is 0.219 e. The summed E-state index contributed by atoms with van der Waals surface area (Å²) < 4.78 is 5.43. The Kier molecular flexibility index (Phi) is 4.76. The average Bonchev–Trinajstić information content (AvgIpc) is 2.74. The number of benzene rings is 1. The first kappa shape index (κ1) is 17.1. The minimum absolute atomic E-state index is 0.0508. The van der Waals surface area contributed by atoms with Gasteiger partial charge in [0.1, 0.15) is 5.82 Å². The van der Waals surface area contributed by atoms with Crippen molar-refractivity contribution in [3.05, 3.63) is 66.0 Å².